The summed E-state index contributed by atoms with van der Waals surface area (Å²) in [5, 5.41) is 13.0. The summed E-state index contributed by atoms with van der Waals surface area (Å²) < 4.78 is 9.67. The van der Waals surface area contributed by atoms with Crippen LogP contribution in [0.15, 0.2) is 11.6 Å². The first-order valence-electron chi connectivity index (χ1n) is 5.33. The SMILES string of the molecule is COC(=O)C(C)=CCNCC1(O)CCOC1. The van der Waals surface area contributed by atoms with Gasteiger partial charge in [-0.2, -0.15) is 0 Å². The number of ether oxygens (including phenoxy) is 2. The molecule has 0 aromatic carbocycles. The van der Waals surface area contributed by atoms with Crippen LogP contribution in [0.25, 0.3) is 0 Å². The molecular weight excluding hydrogens is 210 g/mol. The van der Waals surface area contributed by atoms with Gasteiger partial charge in [-0.3, -0.25) is 0 Å². The summed E-state index contributed by atoms with van der Waals surface area (Å²) in [5.74, 6) is -0.329. The van der Waals surface area contributed by atoms with Gasteiger partial charge in [0, 0.05) is 31.7 Å². The van der Waals surface area contributed by atoms with Crippen LogP contribution >= 0.6 is 0 Å². The fraction of sp³-hybridized carbons (Fsp3) is 0.727. The average Bonchev–Trinajstić information content (AvgIpc) is 2.70. The van der Waals surface area contributed by atoms with Crippen LogP contribution < -0.4 is 5.32 Å². The van der Waals surface area contributed by atoms with Crippen molar-refractivity contribution in [2.45, 2.75) is 18.9 Å². The molecule has 1 unspecified atom stereocenters. The zero-order chi connectivity index (χ0) is 12.0. The summed E-state index contributed by atoms with van der Waals surface area (Å²) in [4.78, 5) is 11.0. The molecule has 0 aromatic heterocycles. The quantitative estimate of drug-likeness (QED) is 0.390. The van der Waals surface area contributed by atoms with E-state index in [1.54, 1.807) is 13.0 Å². The maximum Gasteiger partial charge on any atom is 0.333 e. The van der Waals surface area contributed by atoms with Gasteiger partial charge in [0.15, 0.2) is 0 Å². The first kappa shape index (κ1) is 13.2. The fourth-order valence-corrected chi connectivity index (χ4v) is 1.51. The molecule has 1 saturated heterocycles. The number of carbonyl (C=O) groups is 1. The number of carbonyl (C=O) groups excluding carboxylic acids is 1. The minimum atomic E-state index is -0.757. The Morgan fingerprint density at radius 1 is 1.69 bits per heavy atom. The molecule has 1 heterocycles. The van der Waals surface area contributed by atoms with E-state index in [-0.39, 0.29) is 5.97 Å². The van der Waals surface area contributed by atoms with Crippen LogP contribution in [-0.4, -0.2) is 50.1 Å². The van der Waals surface area contributed by atoms with Crippen molar-refractivity contribution in [3.8, 4) is 0 Å². The van der Waals surface area contributed by atoms with E-state index in [1.807, 2.05) is 0 Å². The van der Waals surface area contributed by atoms with Crippen LogP contribution in [0.4, 0.5) is 0 Å². The van der Waals surface area contributed by atoms with Gasteiger partial charge in [0.1, 0.15) is 5.60 Å². The van der Waals surface area contributed by atoms with Crippen molar-refractivity contribution in [2.75, 3.05) is 33.4 Å². The lowest BCUT2D eigenvalue weighted by Crippen LogP contribution is -2.41. The molecule has 16 heavy (non-hydrogen) atoms. The van der Waals surface area contributed by atoms with E-state index >= 15 is 0 Å². The van der Waals surface area contributed by atoms with Crippen molar-refractivity contribution in [1.82, 2.24) is 5.32 Å². The second-order valence-electron chi connectivity index (χ2n) is 4.04. The standard InChI is InChI=1S/C11H19NO4/c1-9(10(13)15-2)3-5-12-7-11(14)4-6-16-8-11/h3,12,14H,4-8H2,1-2H3. The molecular formula is C11H19NO4. The number of esters is 1. The summed E-state index contributed by atoms with van der Waals surface area (Å²) in [6.45, 7) is 3.68. The molecule has 1 fully saturated rings. The van der Waals surface area contributed by atoms with Gasteiger partial charge in [-0.15, -0.1) is 0 Å². The third kappa shape index (κ3) is 3.92. The maximum absolute atomic E-state index is 11.0. The molecule has 1 atom stereocenters. The van der Waals surface area contributed by atoms with Crippen molar-refractivity contribution in [3.05, 3.63) is 11.6 Å². The lowest BCUT2D eigenvalue weighted by molar-refractivity contribution is -0.136. The number of rotatable bonds is 5. The van der Waals surface area contributed by atoms with Crippen molar-refractivity contribution in [2.24, 2.45) is 0 Å². The third-order valence-corrected chi connectivity index (χ3v) is 2.60. The van der Waals surface area contributed by atoms with Crippen LogP contribution in [0.5, 0.6) is 0 Å². The van der Waals surface area contributed by atoms with E-state index in [9.17, 15) is 9.90 Å². The maximum atomic E-state index is 11.0. The normalized spacial score (nSPS) is 25.8. The lowest BCUT2D eigenvalue weighted by Gasteiger charge is -2.20. The Kier molecular flexibility index (Phi) is 4.92. The summed E-state index contributed by atoms with van der Waals surface area (Å²) in [5.41, 5.74) is -0.197. The highest BCUT2D eigenvalue weighted by Crippen LogP contribution is 2.16. The van der Waals surface area contributed by atoms with E-state index < -0.39 is 5.60 Å². The number of methoxy groups -OCH3 is 1. The summed E-state index contributed by atoms with van der Waals surface area (Å²) >= 11 is 0. The molecule has 0 radical (unpaired) electrons. The molecule has 0 aromatic rings. The Labute approximate surface area is 95.4 Å². The molecule has 0 spiro atoms. The number of nitrogens with one attached hydrogen (secondary N) is 1. The predicted octanol–water partition coefficient (Wildman–Crippen LogP) is -0.153. The van der Waals surface area contributed by atoms with Crippen LogP contribution in [0.1, 0.15) is 13.3 Å². The third-order valence-electron chi connectivity index (χ3n) is 2.60. The van der Waals surface area contributed by atoms with E-state index in [2.05, 4.69) is 10.1 Å². The smallest absolute Gasteiger partial charge is 0.333 e. The molecule has 92 valence electrons. The molecule has 5 nitrogen and oxygen atoms in total. The Hall–Kier alpha value is -0.910. The second kappa shape index (κ2) is 5.98. The largest absolute Gasteiger partial charge is 0.466 e. The first-order valence-corrected chi connectivity index (χ1v) is 5.33. The van der Waals surface area contributed by atoms with Gasteiger partial charge in [0.05, 0.1) is 13.7 Å². The van der Waals surface area contributed by atoms with E-state index in [0.29, 0.717) is 38.3 Å². The molecule has 0 bridgehead atoms. The van der Waals surface area contributed by atoms with Crippen molar-refractivity contribution in [3.63, 3.8) is 0 Å². The highest BCUT2D eigenvalue weighted by molar-refractivity contribution is 5.87. The van der Waals surface area contributed by atoms with Gasteiger partial charge in [-0.25, -0.2) is 4.79 Å². The van der Waals surface area contributed by atoms with Crippen molar-refractivity contribution < 1.29 is 19.4 Å². The monoisotopic (exact) mass is 229 g/mol. The predicted molar refractivity (Wildman–Crippen MR) is 59.0 cm³/mol. The van der Waals surface area contributed by atoms with Crippen LogP contribution in [-0.2, 0) is 14.3 Å². The molecule has 1 aliphatic heterocycles. The van der Waals surface area contributed by atoms with Gasteiger partial charge in [0.25, 0.3) is 0 Å². The molecule has 1 rings (SSSR count). The van der Waals surface area contributed by atoms with Gasteiger partial charge in [-0.05, 0) is 6.92 Å². The van der Waals surface area contributed by atoms with Gasteiger partial charge in [-0.1, -0.05) is 6.08 Å². The van der Waals surface area contributed by atoms with E-state index in [1.165, 1.54) is 7.11 Å². The van der Waals surface area contributed by atoms with Crippen LogP contribution in [0.3, 0.4) is 0 Å². The topological polar surface area (TPSA) is 67.8 Å². The summed E-state index contributed by atoms with van der Waals surface area (Å²) in [6, 6.07) is 0. The minimum Gasteiger partial charge on any atom is -0.466 e. The number of hydrogen-bond acceptors (Lipinski definition) is 5. The number of aliphatic hydroxyl groups is 1. The Balaban J connectivity index is 2.23. The van der Waals surface area contributed by atoms with Gasteiger partial charge < -0.3 is 19.9 Å². The van der Waals surface area contributed by atoms with Crippen molar-refractivity contribution in [1.29, 1.82) is 0 Å². The molecule has 5 heteroatoms. The molecule has 0 amide bonds. The molecule has 0 aliphatic carbocycles. The first-order chi connectivity index (χ1) is 7.57. The molecule has 2 N–H and O–H groups in total. The van der Waals surface area contributed by atoms with Gasteiger partial charge >= 0.3 is 5.97 Å². The van der Waals surface area contributed by atoms with E-state index in [0.717, 1.165) is 0 Å². The Morgan fingerprint density at radius 3 is 3.00 bits per heavy atom. The number of hydrogen-bond donors (Lipinski definition) is 2. The van der Waals surface area contributed by atoms with Gasteiger partial charge in [0.2, 0.25) is 0 Å². The highest BCUT2D eigenvalue weighted by atomic mass is 16.5. The second-order valence-corrected chi connectivity index (χ2v) is 4.04. The van der Waals surface area contributed by atoms with Crippen LogP contribution in [0.2, 0.25) is 0 Å². The Morgan fingerprint density at radius 2 is 2.44 bits per heavy atom. The molecule has 1 aliphatic rings. The molecule has 0 saturated carbocycles. The Bertz CT molecular complexity index is 269. The lowest BCUT2D eigenvalue weighted by atomic mass is 10.0. The highest BCUT2D eigenvalue weighted by Gasteiger charge is 2.31. The average molecular weight is 229 g/mol. The van der Waals surface area contributed by atoms with Crippen molar-refractivity contribution >= 4 is 5.97 Å². The van der Waals surface area contributed by atoms with Crippen LogP contribution in [0, 0.1) is 0 Å². The zero-order valence-corrected chi connectivity index (χ0v) is 9.78. The summed E-state index contributed by atoms with van der Waals surface area (Å²) in [7, 11) is 1.35. The van der Waals surface area contributed by atoms with E-state index in [4.69, 9.17) is 4.74 Å². The summed E-state index contributed by atoms with van der Waals surface area (Å²) in [6.07, 6.45) is 2.39. The zero-order valence-electron chi connectivity index (χ0n) is 9.78. The fourth-order valence-electron chi connectivity index (χ4n) is 1.51. The minimum absolute atomic E-state index is 0.329.